The van der Waals surface area contributed by atoms with Crippen LogP contribution < -0.4 is 0 Å². The molecule has 0 aliphatic carbocycles. The Balaban J connectivity index is -0.00000000333. The molecule has 0 amide bonds. The number of rotatable bonds is 0. The van der Waals surface area contributed by atoms with Gasteiger partial charge in [0, 0.05) is 76.3 Å². The maximum absolute atomic E-state index is 2.06. The monoisotopic (exact) mass is 564 g/mol. The molecule has 7 heavy (non-hydrogen) atoms. The van der Waals surface area contributed by atoms with Gasteiger partial charge in [-0.05, 0) is 0 Å². The van der Waals surface area contributed by atoms with Crippen molar-refractivity contribution in [1.82, 2.24) is 0 Å². The van der Waals surface area contributed by atoms with Crippen molar-refractivity contribution in [2.24, 2.45) is 0 Å². The van der Waals surface area contributed by atoms with Crippen molar-refractivity contribution in [3.05, 3.63) is 0 Å². The molecule has 0 bridgehead atoms. The Hall–Kier alpha value is 3.04. The van der Waals surface area contributed by atoms with E-state index in [4.69, 9.17) is 0 Å². The van der Waals surface area contributed by atoms with Crippen molar-refractivity contribution in [3.63, 3.8) is 0 Å². The third-order valence-corrected chi connectivity index (χ3v) is 0. The summed E-state index contributed by atoms with van der Waals surface area (Å²) in [6.07, 6.45) is 0. The molecular formula is H4B2Fe2NiW2. The molecule has 0 saturated carbocycles. The first-order valence-corrected chi connectivity index (χ1v) is 2.61. The molecule has 0 aromatic carbocycles. The molecule has 0 unspecified atom stereocenters. The molecule has 0 aromatic rings. The molecule has 0 aromatic heterocycles. The van der Waals surface area contributed by atoms with Crippen molar-refractivity contribution in [3.8, 4) is 0 Å². The first-order valence-electron chi connectivity index (χ1n) is 0.632. The van der Waals surface area contributed by atoms with E-state index in [1.165, 1.54) is 0 Å². The summed E-state index contributed by atoms with van der Waals surface area (Å²) in [6.45, 7) is 4.12. The predicted molar refractivity (Wildman–Crippen MR) is 17.1 cm³/mol. The summed E-state index contributed by atoms with van der Waals surface area (Å²) in [4.78, 5) is 0. The Kier molecular flexibility index (Phi) is 165. The molecule has 0 saturated heterocycles. The fourth-order valence-electron chi connectivity index (χ4n) is 0. The molecule has 48 valence electrons. The van der Waals surface area contributed by atoms with Crippen LogP contribution in [-0.4, -0.2) is 13.5 Å². The van der Waals surface area contributed by atoms with Crippen LogP contribution >= 0.6 is 0 Å². The van der Waals surface area contributed by atoms with Crippen molar-refractivity contribution in [2.45, 2.75) is 0 Å². The minimum Gasteiger partial charge on any atom is 0 e. The average Bonchev–Trinajstić information content (AvgIpc) is 0.918. The Morgan fingerprint density at radius 3 is 0.857 bits per heavy atom. The minimum absolute atomic E-state index is 0. The number of hydrogen-bond donors (Lipinski definition) is 0. The predicted octanol–water partition coefficient (Wildman–Crippen LogP) is -1.84. The van der Waals surface area contributed by atoms with Crippen LogP contribution in [0.3, 0.4) is 0 Å². The van der Waals surface area contributed by atoms with Crippen molar-refractivity contribution < 1.29 is 90.4 Å². The summed E-state index contributed by atoms with van der Waals surface area (Å²) in [6, 6.07) is 0. The van der Waals surface area contributed by atoms with Gasteiger partial charge in [-0.3, -0.25) is 0 Å². The van der Waals surface area contributed by atoms with E-state index < -0.39 is 0 Å². The van der Waals surface area contributed by atoms with Gasteiger partial charge in [0.2, 0.25) is 0 Å². The third kappa shape index (κ3) is 48.5. The largest absolute Gasteiger partial charge is 0 e. The van der Waals surface area contributed by atoms with E-state index in [-0.39, 0.29) is 76.3 Å². The van der Waals surface area contributed by atoms with Crippen LogP contribution in [0.2, 0.25) is 0 Å². The van der Waals surface area contributed by atoms with E-state index in [2.05, 4.69) is 13.5 Å². The number of hydrogen-bond acceptors (Lipinski definition) is 0. The van der Waals surface area contributed by atoms with Gasteiger partial charge >= 0.3 is 27.6 Å². The van der Waals surface area contributed by atoms with Crippen molar-refractivity contribution in [1.29, 1.82) is 0 Å². The van der Waals surface area contributed by atoms with Crippen LogP contribution in [0.5, 0.6) is 0 Å². The molecule has 0 spiro atoms. The molecule has 0 atom stereocenters. The SMILES string of the molecule is [BH2][Ni][BH2].[Fe].[Fe].[W].[W]. The molecule has 0 nitrogen and oxygen atoms in total. The molecule has 0 fully saturated rings. The van der Waals surface area contributed by atoms with Crippen molar-refractivity contribution in [2.75, 3.05) is 0 Å². The summed E-state index contributed by atoms with van der Waals surface area (Å²) < 4.78 is 0. The van der Waals surface area contributed by atoms with E-state index in [9.17, 15) is 0 Å². The summed E-state index contributed by atoms with van der Waals surface area (Å²) >= 11 is 1.62. The van der Waals surface area contributed by atoms with Gasteiger partial charge in [0.1, 0.15) is 0 Å². The molecule has 0 heterocycles. The Labute approximate surface area is 102 Å². The summed E-state index contributed by atoms with van der Waals surface area (Å²) in [5.41, 5.74) is 0. The summed E-state index contributed by atoms with van der Waals surface area (Å²) in [7, 11) is 0. The molecule has 0 N–H and O–H groups in total. The quantitative estimate of drug-likeness (QED) is 0.304. The second kappa shape index (κ2) is 35.8. The summed E-state index contributed by atoms with van der Waals surface area (Å²) in [5.74, 6) is 0. The Bertz CT molecular complexity index is 13.7. The van der Waals surface area contributed by atoms with Gasteiger partial charge in [-0.2, -0.15) is 0 Å². The fraction of sp³-hybridized carbons (Fsp3) is 0. The van der Waals surface area contributed by atoms with Crippen LogP contribution in [0.15, 0.2) is 0 Å². The van der Waals surface area contributed by atoms with Crippen LogP contribution in [0.25, 0.3) is 0 Å². The van der Waals surface area contributed by atoms with E-state index in [0.29, 0.717) is 0 Å². The van der Waals surface area contributed by atoms with Crippen molar-refractivity contribution >= 4 is 13.5 Å². The second-order valence-corrected chi connectivity index (χ2v) is 1.30. The smallest absolute Gasteiger partial charge is 0 e. The zero-order chi connectivity index (χ0) is 2.71. The molecular weight excluding hydrogens is 560 g/mol. The van der Waals surface area contributed by atoms with Gasteiger partial charge in [0.05, 0.1) is 0 Å². The molecule has 0 aliphatic heterocycles. The molecule has 0 aliphatic rings. The van der Waals surface area contributed by atoms with Gasteiger partial charge in [-0.15, -0.1) is 0 Å². The summed E-state index contributed by atoms with van der Waals surface area (Å²) in [5, 5.41) is 0. The normalized spacial score (nSPS) is 2.86. The maximum Gasteiger partial charge on any atom is 0 e. The van der Waals surface area contributed by atoms with E-state index in [1.54, 1.807) is 14.1 Å². The Morgan fingerprint density at radius 1 is 0.857 bits per heavy atom. The first-order chi connectivity index (χ1) is 1.41. The third-order valence-electron chi connectivity index (χ3n) is 0. The zero-order valence-corrected chi connectivity index (χ0v) is 12.9. The van der Waals surface area contributed by atoms with E-state index in [1.807, 2.05) is 0 Å². The second-order valence-electron chi connectivity index (χ2n) is 0.316. The maximum atomic E-state index is 2.06. The van der Waals surface area contributed by atoms with Crippen LogP contribution in [0.1, 0.15) is 0 Å². The van der Waals surface area contributed by atoms with Crippen LogP contribution in [-0.2, 0) is 90.4 Å². The average molecular weight is 564 g/mol. The van der Waals surface area contributed by atoms with Gasteiger partial charge < -0.3 is 0 Å². The Morgan fingerprint density at radius 2 is 0.857 bits per heavy atom. The van der Waals surface area contributed by atoms with Gasteiger partial charge in [-0.25, -0.2) is 0 Å². The first kappa shape index (κ1) is 32.3. The fourth-order valence-corrected chi connectivity index (χ4v) is 0. The molecule has 0 radical (unpaired) electrons. The standard InChI is InChI=1S/2BH2.2Fe.Ni.2W/h2*1H2;;;;;/q2*+1;;;-2;;. The van der Waals surface area contributed by atoms with Gasteiger partial charge in [-0.1, -0.05) is 0 Å². The molecule has 0 rings (SSSR count). The minimum atomic E-state index is 0. The van der Waals surface area contributed by atoms with Crippen LogP contribution in [0.4, 0.5) is 0 Å². The topological polar surface area (TPSA) is 0 Å². The van der Waals surface area contributed by atoms with E-state index >= 15 is 0 Å². The van der Waals surface area contributed by atoms with E-state index in [0.717, 1.165) is 0 Å². The van der Waals surface area contributed by atoms with Crippen LogP contribution in [0, 0.1) is 0 Å². The zero-order valence-electron chi connectivity index (χ0n) is 3.84. The van der Waals surface area contributed by atoms with Gasteiger partial charge in [0.25, 0.3) is 0 Å². The van der Waals surface area contributed by atoms with Gasteiger partial charge in [0.15, 0.2) is 0 Å². The molecule has 7 heteroatoms.